The second kappa shape index (κ2) is 10.9. The Morgan fingerprint density at radius 2 is 1.84 bits per heavy atom. The highest BCUT2D eigenvalue weighted by atomic mass is 35.5. The number of nitrogens with one attached hydrogen (secondary N) is 1. The van der Waals surface area contributed by atoms with E-state index in [1.165, 1.54) is 5.69 Å². The molecule has 1 aromatic carbocycles. The molecule has 2 saturated heterocycles. The lowest BCUT2D eigenvalue weighted by molar-refractivity contribution is -0.125. The molecule has 0 aliphatic carbocycles. The van der Waals surface area contributed by atoms with Crippen molar-refractivity contribution in [1.82, 2.24) is 5.32 Å². The number of nitrogens with zero attached hydrogens (tertiary/aromatic N) is 1. The van der Waals surface area contributed by atoms with Crippen LogP contribution in [0.3, 0.4) is 0 Å². The first-order valence-electron chi connectivity index (χ1n) is 8.68. The van der Waals surface area contributed by atoms with Crippen LogP contribution in [0.5, 0.6) is 0 Å². The average molecular weight is 390 g/mol. The van der Waals surface area contributed by atoms with E-state index in [1.807, 2.05) is 6.07 Å². The monoisotopic (exact) mass is 389 g/mol. The van der Waals surface area contributed by atoms with Crippen molar-refractivity contribution in [2.75, 3.05) is 31.2 Å². The van der Waals surface area contributed by atoms with E-state index < -0.39 is 6.04 Å². The summed E-state index contributed by atoms with van der Waals surface area (Å²) in [5, 5.41) is 3.17. The number of piperidine rings is 1. The van der Waals surface area contributed by atoms with E-state index in [-0.39, 0.29) is 42.7 Å². The van der Waals surface area contributed by atoms with Crippen LogP contribution in [-0.2, 0) is 9.53 Å². The third-order valence-corrected chi connectivity index (χ3v) is 4.97. The summed E-state index contributed by atoms with van der Waals surface area (Å²) in [6.45, 7) is 3.34. The SMILES string of the molecule is Cl.Cl.NC(C(=O)NC1CCCN(c2ccccc2)C1)C1CCOCC1. The molecular formula is C18H29Cl2N3O2. The normalized spacial score (nSPS) is 22.3. The first-order valence-corrected chi connectivity index (χ1v) is 8.68. The van der Waals surface area contributed by atoms with Crippen molar-refractivity contribution in [2.24, 2.45) is 11.7 Å². The topological polar surface area (TPSA) is 67.6 Å². The van der Waals surface area contributed by atoms with Crippen molar-refractivity contribution < 1.29 is 9.53 Å². The fourth-order valence-corrected chi connectivity index (χ4v) is 3.55. The van der Waals surface area contributed by atoms with E-state index in [2.05, 4.69) is 34.5 Å². The molecule has 1 amide bonds. The number of benzene rings is 1. The summed E-state index contributed by atoms with van der Waals surface area (Å²) < 4.78 is 5.35. The summed E-state index contributed by atoms with van der Waals surface area (Å²) in [7, 11) is 0. The number of ether oxygens (including phenoxy) is 1. The molecule has 2 aliphatic heterocycles. The summed E-state index contributed by atoms with van der Waals surface area (Å²) in [5.41, 5.74) is 7.40. The average Bonchev–Trinajstić information content (AvgIpc) is 2.63. The fraction of sp³-hybridized carbons (Fsp3) is 0.611. The molecule has 7 heteroatoms. The molecule has 0 aromatic heterocycles. The predicted molar refractivity (Wildman–Crippen MR) is 106 cm³/mol. The highest BCUT2D eigenvalue weighted by Crippen LogP contribution is 2.21. The zero-order valence-corrected chi connectivity index (χ0v) is 16.1. The number of anilines is 1. The third kappa shape index (κ3) is 6.03. The fourth-order valence-electron chi connectivity index (χ4n) is 3.55. The minimum Gasteiger partial charge on any atom is -0.381 e. The van der Waals surface area contributed by atoms with E-state index in [4.69, 9.17) is 10.5 Å². The van der Waals surface area contributed by atoms with Crippen LogP contribution in [-0.4, -0.2) is 44.3 Å². The number of nitrogens with two attached hydrogens (primary N) is 1. The number of para-hydroxylation sites is 1. The molecule has 2 fully saturated rings. The summed E-state index contributed by atoms with van der Waals surface area (Å²) >= 11 is 0. The Bertz CT molecular complexity index is 512. The molecule has 0 radical (unpaired) electrons. The summed E-state index contributed by atoms with van der Waals surface area (Å²) in [6.07, 6.45) is 3.88. The first kappa shape index (κ1) is 22.0. The van der Waals surface area contributed by atoms with Crippen molar-refractivity contribution in [3.63, 3.8) is 0 Å². The lowest BCUT2D eigenvalue weighted by Gasteiger charge is -2.36. The van der Waals surface area contributed by atoms with Crippen molar-refractivity contribution in [1.29, 1.82) is 0 Å². The molecular weight excluding hydrogens is 361 g/mol. The molecule has 25 heavy (non-hydrogen) atoms. The number of hydrogen-bond donors (Lipinski definition) is 2. The van der Waals surface area contributed by atoms with Gasteiger partial charge in [0.15, 0.2) is 0 Å². The van der Waals surface area contributed by atoms with E-state index in [0.29, 0.717) is 0 Å². The first-order chi connectivity index (χ1) is 11.2. The van der Waals surface area contributed by atoms with E-state index in [0.717, 1.165) is 52.0 Å². The molecule has 2 heterocycles. The van der Waals surface area contributed by atoms with Gasteiger partial charge in [0.25, 0.3) is 0 Å². The second-order valence-corrected chi connectivity index (χ2v) is 6.60. The minimum atomic E-state index is -0.411. The highest BCUT2D eigenvalue weighted by molar-refractivity contribution is 5.85. The Morgan fingerprint density at radius 1 is 1.16 bits per heavy atom. The van der Waals surface area contributed by atoms with Crippen LogP contribution in [0.1, 0.15) is 25.7 Å². The molecule has 0 saturated carbocycles. The maximum Gasteiger partial charge on any atom is 0.237 e. The van der Waals surface area contributed by atoms with Gasteiger partial charge in [0.2, 0.25) is 5.91 Å². The van der Waals surface area contributed by atoms with Crippen LogP contribution in [0.25, 0.3) is 0 Å². The number of rotatable bonds is 4. The minimum absolute atomic E-state index is 0. The van der Waals surface area contributed by atoms with Gasteiger partial charge < -0.3 is 20.7 Å². The van der Waals surface area contributed by atoms with Crippen LogP contribution in [0, 0.1) is 5.92 Å². The molecule has 1 aromatic rings. The molecule has 3 N–H and O–H groups in total. The zero-order valence-electron chi connectivity index (χ0n) is 14.4. The van der Waals surface area contributed by atoms with E-state index in [1.54, 1.807) is 0 Å². The van der Waals surface area contributed by atoms with Gasteiger partial charge in [-0.05, 0) is 43.7 Å². The molecule has 2 unspecified atom stereocenters. The molecule has 0 bridgehead atoms. The Kier molecular flexibility index (Phi) is 9.57. The standard InChI is InChI=1S/C18H27N3O2.2ClH/c19-17(14-8-11-23-12-9-14)18(22)20-15-5-4-10-21(13-15)16-6-2-1-3-7-16;;/h1-3,6-7,14-15,17H,4-5,8-13,19H2,(H,20,22);2*1H. The Morgan fingerprint density at radius 3 is 2.52 bits per heavy atom. The lowest BCUT2D eigenvalue weighted by Crippen LogP contribution is -2.54. The molecule has 0 spiro atoms. The lowest BCUT2D eigenvalue weighted by atomic mass is 9.91. The summed E-state index contributed by atoms with van der Waals surface area (Å²) in [4.78, 5) is 14.8. The van der Waals surface area contributed by atoms with Crippen LogP contribution >= 0.6 is 24.8 Å². The molecule has 5 nitrogen and oxygen atoms in total. The van der Waals surface area contributed by atoms with Gasteiger partial charge in [0, 0.05) is 38.0 Å². The molecule has 2 aliphatic rings. The molecule has 2 atom stereocenters. The van der Waals surface area contributed by atoms with Gasteiger partial charge in [-0.1, -0.05) is 18.2 Å². The number of halogens is 2. The summed E-state index contributed by atoms with van der Waals surface area (Å²) in [6, 6.07) is 10.2. The third-order valence-electron chi connectivity index (χ3n) is 4.97. The van der Waals surface area contributed by atoms with Gasteiger partial charge >= 0.3 is 0 Å². The number of carbonyl (C=O) groups is 1. The van der Waals surface area contributed by atoms with Crippen molar-refractivity contribution in [3.05, 3.63) is 30.3 Å². The molecule has 142 valence electrons. The van der Waals surface area contributed by atoms with E-state index >= 15 is 0 Å². The van der Waals surface area contributed by atoms with Crippen LogP contribution in [0.2, 0.25) is 0 Å². The Hall–Kier alpha value is -1.01. The maximum absolute atomic E-state index is 12.5. The highest BCUT2D eigenvalue weighted by Gasteiger charge is 2.29. The summed E-state index contributed by atoms with van der Waals surface area (Å²) in [5.74, 6) is 0.245. The number of hydrogen-bond acceptors (Lipinski definition) is 4. The smallest absolute Gasteiger partial charge is 0.237 e. The largest absolute Gasteiger partial charge is 0.381 e. The Balaban J connectivity index is 0.00000156. The number of amides is 1. The van der Waals surface area contributed by atoms with Gasteiger partial charge in [0.1, 0.15) is 0 Å². The Labute approximate surface area is 162 Å². The quantitative estimate of drug-likeness (QED) is 0.829. The van der Waals surface area contributed by atoms with Gasteiger partial charge in [-0.3, -0.25) is 4.79 Å². The van der Waals surface area contributed by atoms with Crippen LogP contribution in [0.15, 0.2) is 30.3 Å². The van der Waals surface area contributed by atoms with Gasteiger partial charge in [-0.25, -0.2) is 0 Å². The zero-order chi connectivity index (χ0) is 16.1. The van der Waals surface area contributed by atoms with E-state index in [9.17, 15) is 4.79 Å². The predicted octanol–water partition coefficient (Wildman–Crippen LogP) is 2.37. The number of carbonyl (C=O) groups excluding carboxylic acids is 1. The van der Waals surface area contributed by atoms with Gasteiger partial charge in [0.05, 0.1) is 6.04 Å². The van der Waals surface area contributed by atoms with Crippen molar-refractivity contribution >= 4 is 36.4 Å². The molecule has 3 rings (SSSR count). The van der Waals surface area contributed by atoms with Crippen molar-refractivity contribution in [3.8, 4) is 0 Å². The van der Waals surface area contributed by atoms with Crippen molar-refractivity contribution in [2.45, 2.75) is 37.8 Å². The van der Waals surface area contributed by atoms with Crippen LogP contribution < -0.4 is 16.0 Å². The second-order valence-electron chi connectivity index (χ2n) is 6.60. The van der Waals surface area contributed by atoms with Gasteiger partial charge in [-0.2, -0.15) is 0 Å². The maximum atomic E-state index is 12.5. The van der Waals surface area contributed by atoms with Crippen LogP contribution in [0.4, 0.5) is 5.69 Å². The van der Waals surface area contributed by atoms with Gasteiger partial charge in [-0.15, -0.1) is 24.8 Å².